The number of ether oxygens (including phenoxy) is 2. The van der Waals surface area contributed by atoms with Crippen molar-refractivity contribution in [3.63, 3.8) is 0 Å². The van der Waals surface area contributed by atoms with Crippen molar-refractivity contribution < 1.29 is 18.8 Å². The zero-order valence-electron chi connectivity index (χ0n) is 21.0. The average Bonchev–Trinajstić information content (AvgIpc) is 3.61. The fraction of sp³-hybridized carbons (Fsp3) is 0.379. The molecular formula is C29H28Cl2N2O4S. The van der Waals surface area contributed by atoms with Gasteiger partial charge in [0.2, 0.25) is 0 Å². The molecular weight excluding hydrogens is 543 g/mol. The molecule has 0 bridgehead atoms. The molecule has 4 aromatic rings. The lowest BCUT2D eigenvalue weighted by molar-refractivity contribution is 0.0328. The lowest BCUT2D eigenvalue weighted by atomic mass is 10.0. The number of benzene rings is 2. The number of hydrogen-bond acceptors (Lipinski definition) is 7. The highest BCUT2D eigenvalue weighted by Crippen LogP contribution is 2.46. The summed E-state index contributed by atoms with van der Waals surface area (Å²) in [4.78, 5) is 15.0. The maximum atomic E-state index is 11.9. The summed E-state index contributed by atoms with van der Waals surface area (Å²) in [5, 5.41) is 6.56. The Bertz CT molecular complexity index is 1460. The van der Waals surface area contributed by atoms with Crippen LogP contribution in [0.15, 0.2) is 47.0 Å². The van der Waals surface area contributed by atoms with Crippen molar-refractivity contribution in [2.24, 2.45) is 0 Å². The highest BCUT2D eigenvalue weighted by Gasteiger charge is 2.34. The number of hydrogen-bond donors (Lipinski definition) is 0. The van der Waals surface area contributed by atoms with Crippen molar-refractivity contribution in [3.8, 4) is 11.3 Å². The van der Waals surface area contributed by atoms with E-state index in [1.165, 1.54) is 24.1 Å². The number of aromatic nitrogens is 1. The molecule has 6 rings (SSSR count). The smallest absolute Gasteiger partial charge is 0.348 e. The third-order valence-electron chi connectivity index (χ3n) is 7.36. The lowest BCUT2D eigenvalue weighted by Crippen LogP contribution is -2.24. The number of carbonyl (C=O) groups excluding carboxylic acids is 1. The Morgan fingerprint density at radius 3 is 2.68 bits per heavy atom. The van der Waals surface area contributed by atoms with Crippen LogP contribution in [-0.2, 0) is 16.1 Å². The van der Waals surface area contributed by atoms with Crippen LogP contribution in [0.1, 0.15) is 59.0 Å². The van der Waals surface area contributed by atoms with Gasteiger partial charge in [0.15, 0.2) is 0 Å². The Morgan fingerprint density at radius 2 is 1.92 bits per heavy atom. The second-order valence-electron chi connectivity index (χ2n) is 9.92. The van der Waals surface area contributed by atoms with Gasteiger partial charge in [-0.3, -0.25) is 0 Å². The van der Waals surface area contributed by atoms with Crippen LogP contribution in [-0.4, -0.2) is 37.4 Å². The van der Waals surface area contributed by atoms with Crippen LogP contribution >= 0.6 is 34.5 Å². The first kappa shape index (κ1) is 25.7. The number of fused-ring (bicyclic) bond motifs is 1. The number of rotatable bonds is 7. The first-order chi connectivity index (χ1) is 18.5. The summed E-state index contributed by atoms with van der Waals surface area (Å²) in [5.41, 5.74) is 3.53. The summed E-state index contributed by atoms with van der Waals surface area (Å²) in [5.74, 6) is 1.01. The first-order valence-corrected chi connectivity index (χ1v) is 14.5. The molecule has 1 atom stereocenters. The van der Waals surface area contributed by atoms with Gasteiger partial charge < -0.3 is 18.9 Å². The minimum atomic E-state index is -0.292. The van der Waals surface area contributed by atoms with E-state index in [-0.39, 0.29) is 12.1 Å². The molecule has 1 saturated heterocycles. The van der Waals surface area contributed by atoms with E-state index in [1.807, 2.05) is 24.3 Å². The average molecular weight is 572 g/mol. The summed E-state index contributed by atoms with van der Waals surface area (Å²) in [6, 6.07) is 13.8. The van der Waals surface area contributed by atoms with Gasteiger partial charge in [-0.1, -0.05) is 40.5 Å². The zero-order chi connectivity index (χ0) is 26.2. The number of methoxy groups -OCH3 is 1. The molecule has 0 N–H and O–H groups in total. The standard InChI is InChI=1S/C29H28Cl2N2O4S/c1-35-29(34)25-14-18-9-10-19(15-24(18)38-25)33-12-3-4-20(11-13-33)36-16-21-27(32-37-28(21)17-7-8-17)26-22(30)5-2-6-23(26)31/h2,5-6,9-10,14-15,17,20H,3-4,7-8,11-13,16H2,1H3. The summed E-state index contributed by atoms with van der Waals surface area (Å²) < 4.78 is 18.3. The van der Waals surface area contributed by atoms with Gasteiger partial charge in [-0.05, 0) is 67.8 Å². The fourth-order valence-corrected chi connectivity index (χ4v) is 6.75. The summed E-state index contributed by atoms with van der Waals surface area (Å²) >= 11 is 14.5. The molecule has 0 amide bonds. The molecule has 2 fully saturated rings. The Hall–Kier alpha value is -2.58. The molecule has 198 valence electrons. The Balaban J connectivity index is 1.15. The first-order valence-electron chi connectivity index (χ1n) is 12.9. The Kier molecular flexibility index (Phi) is 7.36. The Labute approximate surface area is 235 Å². The molecule has 9 heteroatoms. The van der Waals surface area contributed by atoms with Gasteiger partial charge in [-0.25, -0.2) is 4.79 Å². The zero-order valence-corrected chi connectivity index (χ0v) is 23.4. The predicted molar refractivity (Wildman–Crippen MR) is 152 cm³/mol. The van der Waals surface area contributed by atoms with Gasteiger partial charge in [0.05, 0.1) is 29.9 Å². The molecule has 38 heavy (non-hydrogen) atoms. The quantitative estimate of drug-likeness (QED) is 0.209. The van der Waals surface area contributed by atoms with Gasteiger partial charge in [0.25, 0.3) is 0 Å². The number of anilines is 1. The van der Waals surface area contributed by atoms with Crippen LogP contribution in [0.25, 0.3) is 21.3 Å². The van der Waals surface area contributed by atoms with Crippen molar-refractivity contribution in [2.45, 2.75) is 50.7 Å². The molecule has 3 heterocycles. The minimum Gasteiger partial charge on any atom is -0.465 e. The minimum absolute atomic E-state index is 0.132. The fourth-order valence-electron chi connectivity index (χ4n) is 5.16. The van der Waals surface area contributed by atoms with Crippen LogP contribution in [0.5, 0.6) is 0 Å². The summed E-state index contributed by atoms with van der Waals surface area (Å²) in [6.07, 6.45) is 5.27. The van der Waals surface area contributed by atoms with E-state index in [0.717, 1.165) is 66.6 Å². The van der Waals surface area contributed by atoms with Crippen molar-refractivity contribution in [1.82, 2.24) is 5.16 Å². The van der Waals surface area contributed by atoms with Crippen molar-refractivity contribution in [3.05, 3.63) is 68.7 Å². The van der Waals surface area contributed by atoms with E-state index >= 15 is 0 Å². The monoisotopic (exact) mass is 570 g/mol. The van der Waals surface area contributed by atoms with E-state index in [2.05, 4.69) is 28.3 Å². The van der Waals surface area contributed by atoms with E-state index in [4.69, 9.17) is 37.2 Å². The van der Waals surface area contributed by atoms with Gasteiger partial charge in [-0.2, -0.15) is 0 Å². The predicted octanol–water partition coefficient (Wildman–Crippen LogP) is 8.10. The maximum Gasteiger partial charge on any atom is 0.348 e. The third kappa shape index (κ3) is 5.17. The lowest BCUT2D eigenvalue weighted by Gasteiger charge is -2.23. The molecule has 1 saturated carbocycles. The molecule has 2 aliphatic rings. The van der Waals surface area contributed by atoms with E-state index in [9.17, 15) is 4.79 Å². The number of esters is 1. The molecule has 2 aromatic carbocycles. The highest BCUT2D eigenvalue weighted by molar-refractivity contribution is 7.20. The number of halogens is 2. The third-order valence-corrected chi connectivity index (χ3v) is 9.07. The molecule has 1 aliphatic heterocycles. The normalized spacial score (nSPS) is 18.1. The van der Waals surface area contributed by atoms with Gasteiger partial charge >= 0.3 is 5.97 Å². The molecule has 1 unspecified atom stereocenters. The molecule has 6 nitrogen and oxygen atoms in total. The molecule has 2 aromatic heterocycles. The number of carbonyl (C=O) groups is 1. The number of thiophene rings is 1. The van der Waals surface area contributed by atoms with Crippen LogP contribution in [0.2, 0.25) is 10.0 Å². The largest absolute Gasteiger partial charge is 0.465 e. The van der Waals surface area contributed by atoms with Gasteiger partial charge in [0, 0.05) is 40.5 Å². The van der Waals surface area contributed by atoms with Crippen molar-refractivity contribution >= 4 is 56.3 Å². The van der Waals surface area contributed by atoms with Crippen molar-refractivity contribution in [1.29, 1.82) is 0 Å². The molecule has 1 aliphatic carbocycles. The van der Waals surface area contributed by atoms with Crippen molar-refractivity contribution in [2.75, 3.05) is 25.1 Å². The van der Waals surface area contributed by atoms with Crippen LogP contribution < -0.4 is 4.90 Å². The highest BCUT2D eigenvalue weighted by atomic mass is 35.5. The molecule has 0 spiro atoms. The number of nitrogens with zero attached hydrogens (tertiary/aromatic N) is 2. The second-order valence-corrected chi connectivity index (χ2v) is 11.8. The Morgan fingerprint density at radius 1 is 1.11 bits per heavy atom. The summed E-state index contributed by atoms with van der Waals surface area (Å²) in [6.45, 7) is 2.28. The van der Waals surface area contributed by atoms with Crippen LogP contribution in [0, 0.1) is 0 Å². The second kappa shape index (κ2) is 10.9. The molecule has 0 radical (unpaired) electrons. The maximum absolute atomic E-state index is 11.9. The van der Waals surface area contributed by atoms with Gasteiger partial charge in [-0.15, -0.1) is 11.3 Å². The van der Waals surface area contributed by atoms with E-state index in [1.54, 1.807) is 0 Å². The SMILES string of the molecule is COC(=O)c1cc2ccc(N3CCCC(OCc4c(-c5c(Cl)cccc5Cl)noc4C4CC4)CC3)cc2s1. The van der Waals surface area contributed by atoms with E-state index in [0.29, 0.717) is 38.7 Å². The van der Waals surface area contributed by atoms with Crippen LogP contribution in [0.3, 0.4) is 0 Å². The van der Waals surface area contributed by atoms with Gasteiger partial charge in [0.1, 0.15) is 16.3 Å². The summed E-state index contributed by atoms with van der Waals surface area (Å²) in [7, 11) is 1.41. The topological polar surface area (TPSA) is 64.8 Å². The van der Waals surface area contributed by atoms with E-state index < -0.39 is 0 Å². The van der Waals surface area contributed by atoms with Crippen LogP contribution in [0.4, 0.5) is 5.69 Å².